The summed E-state index contributed by atoms with van der Waals surface area (Å²) in [7, 11) is 0. The first kappa shape index (κ1) is 14.7. The van der Waals surface area contributed by atoms with Gasteiger partial charge in [-0.25, -0.2) is 0 Å². The highest BCUT2D eigenvalue weighted by atomic mass is 127. The highest BCUT2D eigenvalue weighted by molar-refractivity contribution is 14.1. The molecule has 1 aromatic carbocycles. The van der Waals surface area contributed by atoms with Gasteiger partial charge in [0, 0.05) is 29.7 Å². The van der Waals surface area contributed by atoms with Crippen molar-refractivity contribution in [2.75, 3.05) is 52.6 Å². The molecule has 0 aliphatic carbocycles. The number of rotatable bonds is 3. The lowest BCUT2D eigenvalue weighted by Gasteiger charge is -2.43. The van der Waals surface area contributed by atoms with Gasteiger partial charge in [0.1, 0.15) is 0 Å². The fraction of sp³-hybridized carbons (Fsp3) is 0.600. The van der Waals surface area contributed by atoms with Crippen molar-refractivity contribution in [1.82, 2.24) is 9.80 Å². The summed E-state index contributed by atoms with van der Waals surface area (Å²) in [5.41, 5.74) is 1.39. The summed E-state index contributed by atoms with van der Waals surface area (Å²) in [6.07, 6.45) is 0.359. The minimum Gasteiger partial charge on any atom is -0.379 e. The standard InChI is InChI=1S/C15H21IN2O2/c16-14-3-1-2-13(12-14)15(17-4-8-19-9-5-17)18-6-10-20-11-7-18/h1-3,12,15H,4-11H2. The van der Waals surface area contributed by atoms with Gasteiger partial charge < -0.3 is 9.47 Å². The highest BCUT2D eigenvalue weighted by Crippen LogP contribution is 2.27. The molecule has 0 amide bonds. The van der Waals surface area contributed by atoms with Gasteiger partial charge in [-0.15, -0.1) is 0 Å². The molecule has 2 fully saturated rings. The van der Waals surface area contributed by atoms with Gasteiger partial charge in [0.05, 0.1) is 32.6 Å². The monoisotopic (exact) mass is 388 g/mol. The average Bonchev–Trinajstić information content (AvgIpc) is 2.50. The van der Waals surface area contributed by atoms with Crippen molar-refractivity contribution in [1.29, 1.82) is 0 Å². The van der Waals surface area contributed by atoms with Crippen LogP contribution in [-0.2, 0) is 9.47 Å². The molecular formula is C15H21IN2O2. The summed E-state index contributed by atoms with van der Waals surface area (Å²) in [4.78, 5) is 5.08. The molecule has 5 heteroatoms. The van der Waals surface area contributed by atoms with Crippen LogP contribution in [0.5, 0.6) is 0 Å². The van der Waals surface area contributed by atoms with Crippen LogP contribution in [0.4, 0.5) is 0 Å². The molecule has 0 bridgehead atoms. The zero-order chi connectivity index (χ0) is 13.8. The summed E-state index contributed by atoms with van der Waals surface area (Å²) in [5, 5.41) is 0. The van der Waals surface area contributed by atoms with Crippen molar-refractivity contribution in [3.63, 3.8) is 0 Å². The lowest BCUT2D eigenvalue weighted by Crippen LogP contribution is -2.50. The molecule has 2 aliphatic heterocycles. The lowest BCUT2D eigenvalue weighted by atomic mass is 10.1. The number of ether oxygens (including phenoxy) is 2. The van der Waals surface area contributed by atoms with Crippen molar-refractivity contribution >= 4 is 22.6 Å². The van der Waals surface area contributed by atoms with Crippen molar-refractivity contribution in [3.8, 4) is 0 Å². The van der Waals surface area contributed by atoms with Crippen LogP contribution >= 0.6 is 22.6 Å². The van der Waals surface area contributed by atoms with E-state index in [0.717, 1.165) is 52.6 Å². The van der Waals surface area contributed by atoms with Crippen LogP contribution in [0.15, 0.2) is 24.3 Å². The summed E-state index contributed by atoms with van der Waals surface area (Å²) in [6, 6.07) is 8.86. The van der Waals surface area contributed by atoms with E-state index in [1.54, 1.807) is 0 Å². The predicted octanol–water partition coefficient (Wildman–Crippen LogP) is 1.95. The van der Waals surface area contributed by atoms with E-state index in [9.17, 15) is 0 Å². The number of nitrogens with zero attached hydrogens (tertiary/aromatic N) is 2. The van der Waals surface area contributed by atoms with Crippen LogP contribution < -0.4 is 0 Å². The molecule has 0 N–H and O–H groups in total. The highest BCUT2D eigenvalue weighted by Gasteiger charge is 2.29. The Labute approximate surface area is 134 Å². The molecule has 2 aliphatic rings. The maximum absolute atomic E-state index is 5.51. The Bertz CT molecular complexity index is 414. The quantitative estimate of drug-likeness (QED) is 0.740. The van der Waals surface area contributed by atoms with E-state index in [1.807, 2.05) is 0 Å². The van der Waals surface area contributed by atoms with Crippen LogP contribution in [0.2, 0.25) is 0 Å². The first-order chi connectivity index (χ1) is 9.84. The molecule has 0 radical (unpaired) electrons. The molecule has 2 saturated heterocycles. The van der Waals surface area contributed by atoms with E-state index in [2.05, 4.69) is 56.7 Å². The van der Waals surface area contributed by atoms with Gasteiger partial charge in [0.2, 0.25) is 0 Å². The van der Waals surface area contributed by atoms with E-state index in [-0.39, 0.29) is 0 Å². The number of halogens is 1. The van der Waals surface area contributed by atoms with Gasteiger partial charge in [-0.3, -0.25) is 9.80 Å². The Morgan fingerprint density at radius 1 is 0.900 bits per heavy atom. The van der Waals surface area contributed by atoms with Crippen LogP contribution in [0, 0.1) is 3.57 Å². The maximum atomic E-state index is 5.51. The molecule has 110 valence electrons. The molecule has 0 saturated carbocycles. The predicted molar refractivity (Wildman–Crippen MR) is 86.7 cm³/mol. The van der Waals surface area contributed by atoms with E-state index in [4.69, 9.17) is 9.47 Å². The molecule has 0 unspecified atom stereocenters. The summed E-state index contributed by atoms with van der Waals surface area (Å²) in [5.74, 6) is 0. The van der Waals surface area contributed by atoms with Crippen molar-refractivity contribution in [2.45, 2.75) is 6.17 Å². The molecule has 0 aromatic heterocycles. The number of hydrogen-bond donors (Lipinski definition) is 0. The van der Waals surface area contributed by atoms with Crippen molar-refractivity contribution < 1.29 is 9.47 Å². The molecule has 20 heavy (non-hydrogen) atoms. The first-order valence-corrected chi connectivity index (χ1v) is 8.31. The molecule has 0 atom stereocenters. The SMILES string of the molecule is Ic1cccc(C(N2CCOCC2)N2CCOCC2)c1. The largest absolute Gasteiger partial charge is 0.379 e. The lowest BCUT2D eigenvalue weighted by molar-refractivity contribution is -0.0676. The minimum atomic E-state index is 0.359. The first-order valence-electron chi connectivity index (χ1n) is 7.24. The fourth-order valence-electron chi connectivity index (χ4n) is 2.96. The molecule has 4 nitrogen and oxygen atoms in total. The zero-order valence-electron chi connectivity index (χ0n) is 11.6. The number of benzene rings is 1. The summed E-state index contributed by atoms with van der Waals surface area (Å²) < 4.78 is 12.3. The minimum absolute atomic E-state index is 0.359. The Morgan fingerprint density at radius 3 is 1.95 bits per heavy atom. The fourth-order valence-corrected chi connectivity index (χ4v) is 3.53. The molecule has 1 aromatic rings. The second-order valence-electron chi connectivity index (χ2n) is 5.23. The van der Waals surface area contributed by atoms with Crippen LogP contribution in [0.25, 0.3) is 0 Å². The second kappa shape index (κ2) is 7.17. The molecule has 2 heterocycles. The molecular weight excluding hydrogens is 367 g/mol. The van der Waals surface area contributed by atoms with Gasteiger partial charge in [-0.2, -0.15) is 0 Å². The number of hydrogen-bond acceptors (Lipinski definition) is 4. The summed E-state index contributed by atoms with van der Waals surface area (Å²) in [6.45, 7) is 7.38. The third kappa shape index (κ3) is 3.51. The molecule has 0 spiro atoms. The number of morpholine rings is 2. The Balaban J connectivity index is 1.85. The zero-order valence-corrected chi connectivity index (χ0v) is 13.8. The maximum Gasteiger partial charge on any atom is 0.0889 e. The average molecular weight is 388 g/mol. The normalized spacial score (nSPS) is 22.3. The smallest absolute Gasteiger partial charge is 0.0889 e. The summed E-state index contributed by atoms with van der Waals surface area (Å²) >= 11 is 2.39. The van der Waals surface area contributed by atoms with Crippen LogP contribution in [0.1, 0.15) is 11.7 Å². The van der Waals surface area contributed by atoms with Gasteiger partial charge in [0.15, 0.2) is 0 Å². The Hall–Kier alpha value is -0.210. The van der Waals surface area contributed by atoms with Crippen LogP contribution in [0.3, 0.4) is 0 Å². The van der Waals surface area contributed by atoms with Gasteiger partial charge in [-0.05, 0) is 40.3 Å². The van der Waals surface area contributed by atoms with Gasteiger partial charge in [0.25, 0.3) is 0 Å². The molecule has 3 rings (SSSR count). The van der Waals surface area contributed by atoms with Crippen molar-refractivity contribution in [3.05, 3.63) is 33.4 Å². The van der Waals surface area contributed by atoms with E-state index >= 15 is 0 Å². The Kier molecular flexibility index (Phi) is 5.28. The third-order valence-electron chi connectivity index (χ3n) is 3.93. The van der Waals surface area contributed by atoms with E-state index in [0.29, 0.717) is 6.17 Å². The second-order valence-corrected chi connectivity index (χ2v) is 6.47. The van der Waals surface area contributed by atoms with Gasteiger partial charge >= 0.3 is 0 Å². The van der Waals surface area contributed by atoms with E-state index < -0.39 is 0 Å². The van der Waals surface area contributed by atoms with Crippen molar-refractivity contribution in [2.24, 2.45) is 0 Å². The Morgan fingerprint density at radius 2 is 1.45 bits per heavy atom. The third-order valence-corrected chi connectivity index (χ3v) is 4.60. The van der Waals surface area contributed by atoms with Crippen LogP contribution in [-0.4, -0.2) is 62.4 Å². The topological polar surface area (TPSA) is 24.9 Å². The van der Waals surface area contributed by atoms with E-state index in [1.165, 1.54) is 9.13 Å². The van der Waals surface area contributed by atoms with Gasteiger partial charge in [-0.1, -0.05) is 12.1 Å².